The van der Waals surface area contributed by atoms with E-state index in [1.807, 2.05) is 34.6 Å². The SMILES string of the molecule is CC(C)N(CC(=O)Nc1nc(CC(=O)NC(C)(C)C)cs1)C(=O)c1ccc(Cl)cc1Cl. The zero-order valence-electron chi connectivity index (χ0n) is 18.1. The van der Waals surface area contributed by atoms with Gasteiger partial charge in [-0.05, 0) is 52.8 Å². The molecule has 1 aromatic carbocycles. The quantitative estimate of drug-likeness (QED) is 0.609. The summed E-state index contributed by atoms with van der Waals surface area (Å²) in [4.78, 5) is 43.2. The Kier molecular flexibility index (Phi) is 8.45. The first-order valence-corrected chi connectivity index (χ1v) is 11.3. The molecule has 1 aromatic heterocycles. The Balaban J connectivity index is 2.02. The van der Waals surface area contributed by atoms with E-state index in [0.29, 0.717) is 15.8 Å². The van der Waals surface area contributed by atoms with Crippen molar-refractivity contribution < 1.29 is 14.4 Å². The lowest BCUT2D eigenvalue weighted by Gasteiger charge is -2.26. The third kappa shape index (κ3) is 7.79. The highest BCUT2D eigenvalue weighted by atomic mass is 35.5. The number of nitrogens with one attached hydrogen (secondary N) is 2. The zero-order valence-corrected chi connectivity index (χ0v) is 20.4. The van der Waals surface area contributed by atoms with Gasteiger partial charge in [-0.15, -0.1) is 11.3 Å². The second-order valence-electron chi connectivity index (χ2n) is 8.32. The number of nitrogens with zero attached hydrogens (tertiary/aromatic N) is 2. The average Bonchev–Trinajstić information content (AvgIpc) is 3.03. The van der Waals surface area contributed by atoms with Crippen molar-refractivity contribution >= 4 is 57.4 Å². The molecule has 0 atom stereocenters. The highest BCUT2D eigenvalue weighted by Crippen LogP contribution is 2.23. The van der Waals surface area contributed by atoms with Crippen LogP contribution in [-0.2, 0) is 16.0 Å². The summed E-state index contributed by atoms with van der Waals surface area (Å²) >= 11 is 13.3. The Morgan fingerprint density at radius 2 is 1.84 bits per heavy atom. The minimum Gasteiger partial charge on any atom is -0.351 e. The van der Waals surface area contributed by atoms with Gasteiger partial charge in [-0.3, -0.25) is 14.4 Å². The van der Waals surface area contributed by atoms with Crippen LogP contribution in [0.4, 0.5) is 5.13 Å². The molecule has 0 saturated carbocycles. The number of halogens is 2. The van der Waals surface area contributed by atoms with Gasteiger partial charge in [0.25, 0.3) is 5.91 Å². The van der Waals surface area contributed by atoms with Gasteiger partial charge in [-0.2, -0.15) is 0 Å². The van der Waals surface area contributed by atoms with Crippen molar-refractivity contribution in [2.75, 3.05) is 11.9 Å². The van der Waals surface area contributed by atoms with Crippen molar-refractivity contribution in [3.63, 3.8) is 0 Å². The van der Waals surface area contributed by atoms with Crippen molar-refractivity contribution in [2.45, 2.75) is 52.6 Å². The van der Waals surface area contributed by atoms with Gasteiger partial charge in [0.2, 0.25) is 11.8 Å². The van der Waals surface area contributed by atoms with Crippen LogP contribution in [0, 0.1) is 0 Å². The van der Waals surface area contributed by atoms with Gasteiger partial charge < -0.3 is 15.5 Å². The van der Waals surface area contributed by atoms with Crippen LogP contribution < -0.4 is 10.6 Å². The Morgan fingerprint density at radius 1 is 1.16 bits per heavy atom. The molecule has 168 valence electrons. The van der Waals surface area contributed by atoms with Crippen LogP contribution in [0.3, 0.4) is 0 Å². The van der Waals surface area contributed by atoms with Gasteiger partial charge in [0.1, 0.15) is 6.54 Å². The van der Waals surface area contributed by atoms with Crippen molar-refractivity contribution in [1.29, 1.82) is 0 Å². The van der Waals surface area contributed by atoms with Crippen LogP contribution in [0.5, 0.6) is 0 Å². The molecule has 7 nitrogen and oxygen atoms in total. The van der Waals surface area contributed by atoms with Gasteiger partial charge in [0.15, 0.2) is 5.13 Å². The molecule has 2 aromatic rings. The maximum absolute atomic E-state index is 12.9. The summed E-state index contributed by atoms with van der Waals surface area (Å²) in [5.41, 5.74) is 0.505. The minimum absolute atomic E-state index is 0.120. The molecular formula is C21H26Cl2N4O3S. The molecule has 0 saturated heterocycles. The van der Waals surface area contributed by atoms with Gasteiger partial charge in [-0.25, -0.2) is 4.98 Å². The van der Waals surface area contributed by atoms with Gasteiger partial charge in [-0.1, -0.05) is 23.2 Å². The fourth-order valence-corrected chi connectivity index (χ4v) is 3.91. The van der Waals surface area contributed by atoms with E-state index in [2.05, 4.69) is 15.6 Å². The van der Waals surface area contributed by atoms with Gasteiger partial charge in [0.05, 0.1) is 22.7 Å². The fourth-order valence-electron chi connectivity index (χ4n) is 2.69. The Hall–Kier alpha value is -2.16. The molecule has 2 rings (SSSR count). The molecule has 10 heteroatoms. The summed E-state index contributed by atoms with van der Waals surface area (Å²) in [5, 5.41) is 8.29. The van der Waals surface area contributed by atoms with Crippen LogP contribution in [0.15, 0.2) is 23.6 Å². The van der Waals surface area contributed by atoms with Crippen molar-refractivity contribution in [1.82, 2.24) is 15.2 Å². The van der Waals surface area contributed by atoms with E-state index in [0.717, 1.165) is 0 Å². The average molecular weight is 485 g/mol. The maximum atomic E-state index is 12.9. The first-order valence-electron chi connectivity index (χ1n) is 9.67. The van der Waals surface area contributed by atoms with Crippen molar-refractivity contribution in [3.05, 3.63) is 44.9 Å². The van der Waals surface area contributed by atoms with Crippen LogP contribution in [0.2, 0.25) is 10.0 Å². The minimum atomic E-state index is -0.396. The predicted molar refractivity (Wildman–Crippen MR) is 125 cm³/mol. The molecule has 31 heavy (non-hydrogen) atoms. The lowest BCUT2D eigenvalue weighted by molar-refractivity contribution is -0.122. The predicted octanol–water partition coefficient (Wildman–Crippen LogP) is 4.40. The van der Waals surface area contributed by atoms with E-state index >= 15 is 0 Å². The number of amides is 3. The topological polar surface area (TPSA) is 91.4 Å². The number of carbonyl (C=O) groups is 3. The number of rotatable bonds is 7. The molecular weight excluding hydrogens is 459 g/mol. The van der Waals surface area contributed by atoms with E-state index in [9.17, 15) is 14.4 Å². The number of aromatic nitrogens is 1. The third-order valence-electron chi connectivity index (χ3n) is 4.01. The normalized spacial score (nSPS) is 11.4. The summed E-state index contributed by atoms with van der Waals surface area (Å²) in [6.07, 6.45) is 0.120. The largest absolute Gasteiger partial charge is 0.351 e. The van der Waals surface area contributed by atoms with E-state index in [1.165, 1.54) is 28.4 Å². The fraction of sp³-hybridized carbons (Fsp3) is 0.429. The van der Waals surface area contributed by atoms with Crippen LogP contribution in [0.1, 0.15) is 50.7 Å². The zero-order chi connectivity index (χ0) is 23.3. The molecule has 0 fully saturated rings. The van der Waals surface area contributed by atoms with Crippen LogP contribution in [0.25, 0.3) is 0 Å². The second-order valence-corrected chi connectivity index (χ2v) is 10.0. The highest BCUT2D eigenvalue weighted by molar-refractivity contribution is 7.13. The lowest BCUT2D eigenvalue weighted by atomic mass is 10.1. The number of anilines is 1. The smallest absolute Gasteiger partial charge is 0.256 e. The monoisotopic (exact) mass is 484 g/mol. The Labute approximate surface area is 196 Å². The molecule has 2 N–H and O–H groups in total. The standard InChI is InChI=1S/C21H26Cl2N4O3S/c1-12(2)27(19(30)15-7-6-13(22)8-16(15)23)10-18(29)25-20-24-14(11-31-20)9-17(28)26-21(3,4)5/h6-8,11-12H,9-10H2,1-5H3,(H,26,28)(H,24,25,29). The summed E-state index contributed by atoms with van der Waals surface area (Å²) < 4.78 is 0. The molecule has 0 aliphatic rings. The summed E-state index contributed by atoms with van der Waals surface area (Å²) in [7, 11) is 0. The number of benzene rings is 1. The van der Waals surface area contributed by atoms with Crippen molar-refractivity contribution in [3.8, 4) is 0 Å². The first kappa shape index (κ1) is 25.1. The van der Waals surface area contributed by atoms with Gasteiger partial charge in [0, 0.05) is 22.0 Å². The van der Waals surface area contributed by atoms with E-state index in [-0.39, 0.29) is 46.9 Å². The third-order valence-corrected chi connectivity index (χ3v) is 5.37. The summed E-state index contributed by atoms with van der Waals surface area (Å²) in [6, 6.07) is 4.36. The lowest BCUT2D eigenvalue weighted by Crippen LogP contribution is -2.42. The van der Waals surface area contributed by atoms with Crippen LogP contribution >= 0.6 is 34.5 Å². The first-order chi connectivity index (χ1) is 14.4. The van der Waals surface area contributed by atoms with E-state index in [4.69, 9.17) is 23.2 Å². The maximum Gasteiger partial charge on any atom is 0.256 e. The molecule has 3 amide bonds. The van der Waals surface area contributed by atoms with E-state index in [1.54, 1.807) is 11.4 Å². The summed E-state index contributed by atoms with van der Waals surface area (Å²) in [6.45, 7) is 9.15. The van der Waals surface area contributed by atoms with Gasteiger partial charge >= 0.3 is 0 Å². The molecule has 0 aliphatic carbocycles. The second kappa shape index (κ2) is 10.4. The molecule has 0 spiro atoms. The molecule has 1 heterocycles. The molecule has 0 bridgehead atoms. The number of hydrogen-bond donors (Lipinski definition) is 2. The molecule has 0 unspecified atom stereocenters. The van der Waals surface area contributed by atoms with Crippen molar-refractivity contribution in [2.24, 2.45) is 0 Å². The van der Waals surface area contributed by atoms with E-state index < -0.39 is 5.91 Å². The molecule has 0 radical (unpaired) electrons. The highest BCUT2D eigenvalue weighted by Gasteiger charge is 2.24. The number of thiazole rings is 1. The molecule has 0 aliphatic heterocycles. The number of carbonyl (C=O) groups excluding carboxylic acids is 3. The number of hydrogen-bond acceptors (Lipinski definition) is 5. The Bertz CT molecular complexity index is 970. The van der Waals surface area contributed by atoms with Crippen LogP contribution in [-0.4, -0.2) is 45.7 Å². The Morgan fingerprint density at radius 3 is 2.42 bits per heavy atom. The summed E-state index contributed by atoms with van der Waals surface area (Å²) in [5.74, 6) is -0.912.